The van der Waals surface area contributed by atoms with Crippen molar-refractivity contribution in [2.75, 3.05) is 18.0 Å². The Morgan fingerprint density at radius 2 is 2.35 bits per heavy atom. The summed E-state index contributed by atoms with van der Waals surface area (Å²) in [5.41, 5.74) is 2.33. The van der Waals surface area contributed by atoms with E-state index < -0.39 is 0 Å². The lowest BCUT2D eigenvalue weighted by molar-refractivity contribution is 0.189. The van der Waals surface area contributed by atoms with Gasteiger partial charge < -0.3 is 9.64 Å². The van der Waals surface area contributed by atoms with Crippen LogP contribution >= 0.6 is 0 Å². The average molecular weight is 230 g/mol. The molecule has 3 nitrogen and oxygen atoms in total. The van der Waals surface area contributed by atoms with Gasteiger partial charge in [-0.1, -0.05) is 13.0 Å². The van der Waals surface area contributed by atoms with E-state index in [0.29, 0.717) is 6.42 Å². The highest BCUT2D eigenvalue weighted by Gasteiger charge is 2.24. The van der Waals surface area contributed by atoms with Gasteiger partial charge in [-0.2, -0.15) is 5.26 Å². The van der Waals surface area contributed by atoms with Gasteiger partial charge in [0.1, 0.15) is 11.9 Å². The second-order valence-electron chi connectivity index (χ2n) is 4.47. The smallest absolute Gasteiger partial charge is 0.143 e. The van der Waals surface area contributed by atoms with Gasteiger partial charge in [-0.15, -0.1) is 0 Å². The van der Waals surface area contributed by atoms with Crippen LogP contribution in [0, 0.1) is 18.3 Å². The molecule has 1 unspecified atom stereocenters. The summed E-state index contributed by atoms with van der Waals surface area (Å²) in [5, 5.41) is 8.70. The molecule has 1 atom stereocenters. The lowest BCUT2D eigenvalue weighted by atomic mass is 10.1. The molecule has 0 N–H and O–H groups in total. The van der Waals surface area contributed by atoms with Crippen molar-refractivity contribution in [1.29, 1.82) is 5.26 Å². The predicted molar refractivity (Wildman–Crippen MR) is 68.3 cm³/mol. The second kappa shape index (κ2) is 5.09. The van der Waals surface area contributed by atoms with E-state index in [4.69, 9.17) is 10.00 Å². The zero-order valence-corrected chi connectivity index (χ0v) is 10.4. The Morgan fingerprint density at radius 1 is 1.53 bits per heavy atom. The number of benzene rings is 1. The van der Waals surface area contributed by atoms with Crippen LogP contribution in [0.25, 0.3) is 0 Å². The van der Waals surface area contributed by atoms with E-state index in [0.717, 1.165) is 30.9 Å². The molecule has 1 aromatic carbocycles. The van der Waals surface area contributed by atoms with Gasteiger partial charge in [-0.3, -0.25) is 0 Å². The van der Waals surface area contributed by atoms with Crippen molar-refractivity contribution in [3.63, 3.8) is 0 Å². The number of rotatable bonds is 3. The lowest BCUT2D eigenvalue weighted by Gasteiger charge is -2.35. The zero-order valence-electron chi connectivity index (χ0n) is 10.4. The molecule has 0 radical (unpaired) electrons. The lowest BCUT2D eigenvalue weighted by Crippen LogP contribution is -2.40. The maximum atomic E-state index is 8.70. The number of nitriles is 1. The molecule has 17 heavy (non-hydrogen) atoms. The number of hydrogen-bond acceptors (Lipinski definition) is 3. The molecule has 0 saturated carbocycles. The Hall–Kier alpha value is -1.69. The summed E-state index contributed by atoms with van der Waals surface area (Å²) in [4.78, 5) is 2.26. The van der Waals surface area contributed by atoms with Gasteiger partial charge in [0.25, 0.3) is 0 Å². The summed E-state index contributed by atoms with van der Waals surface area (Å²) in [6.07, 6.45) is 1.79. The summed E-state index contributed by atoms with van der Waals surface area (Å²) in [5.74, 6) is 0.959. The van der Waals surface area contributed by atoms with Gasteiger partial charge >= 0.3 is 0 Å². The summed E-state index contributed by atoms with van der Waals surface area (Å²) < 4.78 is 5.95. The summed E-state index contributed by atoms with van der Waals surface area (Å²) in [7, 11) is 0. The molecular weight excluding hydrogens is 212 g/mol. The van der Waals surface area contributed by atoms with Crippen LogP contribution in [0.1, 0.15) is 25.3 Å². The Morgan fingerprint density at radius 3 is 3.06 bits per heavy atom. The molecule has 3 heteroatoms. The predicted octanol–water partition coefficient (Wildman–Crippen LogP) is 2.89. The minimum absolute atomic E-state index is 0.239. The van der Waals surface area contributed by atoms with Crippen LogP contribution in [0.15, 0.2) is 18.2 Å². The largest absolute Gasteiger partial charge is 0.486 e. The molecule has 2 rings (SSSR count). The first-order valence-corrected chi connectivity index (χ1v) is 6.13. The van der Waals surface area contributed by atoms with Crippen molar-refractivity contribution in [2.45, 2.75) is 32.8 Å². The van der Waals surface area contributed by atoms with Gasteiger partial charge in [0, 0.05) is 6.54 Å². The number of aryl methyl sites for hydroxylation is 1. The molecular formula is C14H18N2O. The van der Waals surface area contributed by atoms with E-state index in [9.17, 15) is 0 Å². The quantitative estimate of drug-likeness (QED) is 0.801. The van der Waals surface area contributed by atoms with E-state index in [2.05, 4.69) is 43.0 Å². The van der Waals surface area contributed by atoms with E-state index in [1.54, 1.807) is 0 Å². The van der Waals surface area contributed by atoms with Crippen LogP contribution in [-0.2, 0) is 0 Å². The molecule has 90 valence electrons. The van der Waals surface area contributed by atoms with Gasteiger partial charge in [0.2, 0.25) is 0 Å². The third-order valence-corrected chi connectivity index (χ3v) is 3.12. The van der Waals surface area contributed by atoms with E-state index in [-0.39, 0.29) is 6.10 Å². The Kier molecular flexibility index (Phi) is 3.53. The molecule has 0 amide bonds. The third kappa shape index (κ3) is 2.52. The Bertz CT molecular complexity index is 436. The number of fused-ring (bicyclic) bond motifs is 1. The number of ether oxygens (including phenoxy) is 1. The highest BCUT2D eigenvalue weighted by Crippen LogP contribution is 2.34. The fourth-order valence-corrected chi connectivity index (χ4v) is 2.15. The van der Waals surface area contributed by atoms with Crippen molar-refractivity contribution < 1.29 is 4.74 Å². The highest BCUT2D eigenvalue weighted by molar-refractivity contribution is 5.61. The number of nitrogens with zero attached hydrogens (tertiary/aromatic N) is 2. The Labute approximate surface area is 103 Å². The van der Waals surface area contributed by atoms with Crippen molar-refractivity contribution in [2.24, 2.45) is 0 Å². The summed E-state index contributed by atoms with van der Waals surface area (Å²) in [6, 6.07) is 8.47. The number of hydrogen-bond donors (Lipinski definition) is 0. The first-order valence-electron chi connectivity index (χ1n) is 6.13. The zero-order chi connectivity index (χ0) is 12.3. The standard InChI is InChI=1S/C14H18N2O/c1-3-12-10-16(8-4-7-15)13-6-5-11(2)9-14(13)17-12/h5-6,9,12H,3-4,8,10H2,1-2H3. The van der Waals surface area contributed by atoms with E-state index in [1.165, 1.54) is 5.56 Å². The molecule has 0 aliphatic carbocycles. The van der Waals surface area contributed by atoms with Gasteiger partial charge in [0.15, 0.2) is 0 Å². The molecule has 1 aromatic rings. The molecule has 0 aromatic heterocycles. The minimum Gasteiger partial charge on any atom is -0.486 e. The maximum absolute atomic E-state index is 8.70. The van der Waals surface area contributed by atoms with E-state index >= 15 is 0 Å². The van der Waals surface area contributed by atoms with Crippen molar-refractivity contribution in [3.8, 4) is 11.8 Å². The van der Waals surface area contributed by atoms with Crippen LogP contribution in [0.3, 0.4) is 0 Å². The number of anilines is 1. The minimum atomic E-state index is 0.239. The molecule has 0 saturated heterocycles. The molecule has 0 fully saturated rings. The van der Waals surface area contributed by atoms with Gasteiger partial charge in [-0.05, 0) is 31.0 Å². The molecule has 0 spiro atoms. The monoisotopic (exact) mass is 230 g/mol. The van der Waals surface area contributed by atoms with Crippen LogP contribution in [0.2, 0.25) is 0 Å². The summed E-state index contributed by atoms with van der Waals surface area (Å²) >= 11 is 0. The molecule has 0 bridgehead atoms. The second-order valence-corrected chi connectivity index (χ2v) is 4.47. The fourth-order valence-electron chi connectivity index (χ4n) is 2.15. The first kappa shape index (κ1) is 11.8. The van der Waals surface area contributed by atoms with Gasteiger partial charge in [0.05, 0.1) is 24.7 Å². The van der Waals surface area contributed by atoms with Crippen LogP contribution in [0.5, 0.6) is 5.75 Å². The molecule has 1 heterocycles. The summed E-state index contributed by atoms with van der Waals surface area (Å²) in [6.45, 7) is 5.87. The molecule has 1 aliphatic heterocycles. The Balaban J connectivity index is 2.27. The van der Waals surface area contributed by atoms with Crippen LogP contribution in [0.4, 0.5) is 5.69 Å². The normalized spacial score (nSPS) is 18.2. The van der Waals surface area contributed by atoms with Crippen LogP contribution < -0.4 is 9.64 Å². The fraction of sp³-hybridized carbons (Fsp3) is 0.500. The molecule has 1 aliphatic rings. The van der Waals surface area contributed by atoms with Crippen LogP contribution in [-0.4, -0.2) is 19.2 Å². The third-order valence-electron chi connectivity index (χ3n) is 3.12. The highest BCUT2D eigenvalue weighted by atomic mass is 16.5. The van der Waals surface area contributed by atoms with Crippen molar-refractivity contribution in [3.05, 3.63) is 23.8 Å². The van der Waals surface area contributed by atoms with Crippen molar-refractivity contribution >= 4 is 5.69 Å². The average Bonchev–Trinajstić information content (AvgIpc) is 2.34. The van der Waals surface area contributed by atoms with E-state index in [1.807, 2.05) is 0 Å². The maximum Gasteiger partial charge on any atom is 0.143 e. The first-order chi connectivity index (χ1) is 8.24. The van der Waals surface area contributed by atoms with Crippen molar-refractivity contribution in [1.82, 2.24) is 0 Å². The SMILES string of the molecule is CCC1CN(CCC#N)c2ccc(C)cc2O1. The topological polar surface area (TPSA) is 36.3 Å². The van der Waals surface area contributed by atoms with Gasteiger partial charge in [-0.25, -0.2) is 0 Å².